The molecule has 0 N–H and O–H groups in total. The number of benzene rings is 4. The van der Waals surface area contributed by atoms with Crippen molar-refractivity contribution in [2.24, 2.45) is 0 Å². The Kier molecular flexibility index (Phi) is 5.40. The molecule has 0 amide bonds. The van der Waals surface area contributed by atoms with E-state index in [4.69, 9.17) is 0 Å². The van der Waals surface area contributed by atoms with E-state index in [2.05, 4.69) is 115 Å². The van der Waals surface area contributed by atoms with Crippen LogP contribution in [0.25, 0.3) is 22.3 Å². The quantitative estimate of drug-likeness (QED) is 0.311. The largest absolute Gasteiger partial charge is 0.311 e. The SMILES string of the molecule is C=CC(=C)N(c1ccc(-c2ccccc2)cc1)c1cccc(-c2ccccc2)c1. The summed E-state index contributed by atoms with van der Waals surface area (Å²) in [6.07, 6.45) is 1.79. The molecule has 0 aliphatic carbocycles. The first-order chi connectivity index (χ1) is 14.3. The molecule has 0 heterocycles. The fourth-order valence-electron chi connectivity index (χ4n) is 3.46. The molecule has 4 rings (SSSR count). The summed E-state index contributed by atoms with van der Waals surface area (Å²) in [6, 6.07) is 37.9. The molecule has 0 bridgehead atoms. The van der Waals surface area contributed by atoms with Gasteiger partial charge in [-0.2, -0.15) is 0 Å². The molecule has 1 heteroatoms. The molecule has 0 atom stereocenters. The molecule has 4 aromatic rings. The second-order valence-corrected chi connectivity index (χ2v) is 6.86. The number of anilines is 2. The molecule has 0 fully saturated rings. The average Bonchev–Trinajstić information content (AvgIpc) is 2.81. The molecular formula is C28H23N. The van der Waals surface area contributed by atoms with Crippen LogP contribution in [-0.4, -0.2) is 0 Å². The van der Waals surface area contributed by atoms with E-state index in [-0.39, 0.29) is 0 Å². The van der Waals surface area contributed by atoms with Gasteiger partial charge < -0.3 is 4.90 Å². The lowest BCUT2D eigenvalue weighted by atomic mass is 10.0. The van der Waals surface area contributed by atoms with Crippen molar-refractivity contribution < 1.29 is 0 Å². The van der Waals surface area contributed by atoms with Gasteiger partial charge in [0.2, 0.25) is 0 Å². The van der Waals surface area contributed by atoms with Crippen molar-refractivity contribution in [1.82, 2.24) is 0 Å². The standard InChI is InChI=1S/C28H23N/c1-3-22(2)29(27-19-17-25(18-20-27)23-11-6-4-7-12-23)28-16-10-15-26(21-28)24-13-8-5-9-14-24/h3-21H,1-2H2. The maximum atomic E-state index is 4.22. The van der Waals surface area contributed by atoms with Crippen molar-refractivity contribution in [3.63, 3.8) is 0 Å². The van der Waals surface area contributed by atoms with Crippen LogP contribution in [0.3, 0.4) is 0 Å². The van der Waals surface area contributed by atoms with Crippen LogP contribution in [0.4, 0.5) is 11.4 Å². The van der Waals surface area contributed by atoms with Crippen LogP contribution >= 0.6 is 0 Å². The Balaban J connectivity index is 1.72. The van der Waals surface area contributed by atoms with Gasteiger partial charge in [-0.15, -0.1) is 0 Å². The van der Waals surface area contributed by atoms with Gasteiger partial charge in [0.05, 0.1) is 0 Å². The molecule has 1 nitrogen and oxygen atoms in total. The number of allylic oxidation sites excluding steroid dienone is 1. The highest BCUT2D eigenvalue weighted by atomic mass is 15.1. The highest BCUT2D eigenvalue weighted by Gasteiger charge is 2.12. The second kappa shape index (κ2) is 8.45. The van der Waals surface area contributed by atoms with Crippen LogP contribution in [0.1, 0.15) is 0 Å². The normalized spacial score (nSPS) is 10.3. The zero-order chi connectivity index (χ0) is 20.1. The zero-order valence-corrected chi connectivity index (χ0v) is 16.3. The van der Waals surface area contributed by atoms with E-state index in [1.807, 2.05) is 12.1 Å². The highest BCUT2D eigenvalue weighted by Crippen LogP contribution is 2.34. The van der Waals surface area contributed by atoms with Crippen LogP contribution in [0.5, 0.6) is 0 Å². The lowest BCUT2D eigenvalue weighted by Gasteiger charge is -2.26. The lowest BCUT2D eigenvalue weighted by molar-refractivity contribution is 1.22. The van der Waals surface area contributed by atoms with Crippen molar-refractivity contribution >= 4 is 11.4 Å². The lowest BCUT2D eigenvalue weighted by Crippen LogP contribution is -2.14. The first kappa shape index (κ1) is 18.5. The van der Waals surface area contributed by atoms with Crippen molar-refractivity contribution in [2.75, 3.05) is 4.90 Å². The summed E-state index contributed by atoms with van der Waals surface area (Å²) < 4.78 is 0. The Morgan fingerprint density at radius 3 is 1.66 bits per heavy atom. The van der Waals surface area contributed by atoms with Crippen molar-refractivity contribution in [3.05, 3.63) is 134 Å². The molecule has 0 saturated carbocycles. The minimum Gasteiger partial charge on any atom is -0.311 e. The summed E-state index contributed by atoms with van der Waals surface area (Å²) in [4.78, 5) is 2.13. The van der Waals surface area contributed by atoms with Crippen LogP contribution < -0.4 is 4.90 Å². The second-order valence-electron chi connectivity index (χ2n) is 6.86. The van der Waals surface area contributed by atoms with Gasteiger partial charge in [0.15, 0.2) is 0 Å². The summed E-state index contributed by atoms with van der Waals surface area (Å²) in [6.45, 7) is 8.15. The molecule has 0 aliphatic rings. The third kappa shape index (κ3) is 4.04. The average molecular weight is 373 g/mol. The minimum absolute atomic E-state index is 0.836. The van der Waals surface area contributed by atoms with E-state index < -0.39 is 0 Å². The van der Waals surface area contributed by atoms with Crippen molar-refractivity contribution in [3.8, 4) is 22.3 Å². The Bertz CT molecular complexity index is 1110. The van der Waals surface area contributed by atoms with E-state index >= 15 is 0 Å². The van der Waals surface area contributed by atoms with E-state index in [9.17, 15) is 0 Å². The van der Waals surface area contributed by atoms with E-state index in [0.717, 1.165) is 17.1 Å². The summed E-state index contributed by atoms with van der Waals surface area (Å²) >= 11 is 0. The van der Waals surface area contributed by atoms with Gasteiger partial charge in [0, 0.05) is 17.1 Å². The van der Waals surface area contributed by atoms with Gasteiger partial charge in [-0.05, 0) is 52.6 Å². The summed E-state index contributed by atoms with van der Waals surface area (Å²) in [7, 11) is 0. The monoisotopic (exact) mass is 373 g/mol. The van der Waals surface area contributed by atoms with Crippen LogP contribution in [0.2, 0.25) is 0 Å². The molecule has 4 aromatic carbocycles. The van der Waals surface area contributed by atoms with Crippen LogP contribution in [-0.2, 0) is 0 Å². The minimum atomic E-state index is 0.836. The first-order valence-corrected chi connectivity index (χ1v) is 9.69. The van der Waals surface area contributed by atoms with E-state index in [0.29, 0.717) is 0 Å². The van der Waals surface area contributed by atoms with Gasteiger partial charge in [-0.25, -0.2) is 0 Å². The molecule has 0 aliphatic heterocycles. The Morgan fingerprint density at radius 2 is 1.07 bits per heavy atom. The topological polar surface area (TPSA) is 3.24 Å². The van der Waals surface area contributed by atoms with Crippen LogP contribution in [0.15, 0.2) is 134 Å². The summed E-state index contributed by atoms with van der Waals surface area (Å²) in [5.74, 6) is 0. The van der Waals surface area contributed by atoms with Crippen molar-refractivity contribution in [2.45, 2.75) is 0 Å². The maximum Gasteiger partial charge on any atom is 0.0467 e. The smallest absolute Gasteiger partial charge is 0.0467 e. The van der Waals surface area contributed by atoms with Crippen molar-refractivity contribution in [1.29, 1.82) is 0 Å². The number of nitrogens with zero attached hydrogens (tertiary/aromatic N) is 1. The van der Waals surface area contributed by atoms with E-state index in [1.165, 1.54) is 22.3 Å². The van der Waals surface area contributed by atoms with Gasteiger partial charge in [-0.3, -0.25) is 0 Å². The van der Waals surface area contributed by atoms with Gasteiger partial charge in [-0.1, -0.05) is 98.1 Å². The first-order valence-electron chi connectivity index (χ1n) is 9.69. The molecule has 140 valence electrons. The molecule has 29 heavy (non-hydrogen) atoms. The molecule has 0 aromatic heterocycles. The molecule has 0 saturated heterocycles. The maximum absolute atomic E-state index is 4.22. The zero-order valence-electron chi connectivity index (χ0n) is 16.3. The third-order valence-electron chi connectivity index (χ3n) is 4.97. The highest BCUT2D eigenvalue weighted by molar-refractivity contribution is 5.77. The van der Waals surface area contributed by atoms with Crippen LogP contribution in [0, 0.1) is 0 Å². The fourth-order valence-corrected chi connectivity index (χ4v) is 3.46. The van der Waals surface area contributed by atoms with Gasteiger partial charge in [0.25, 0.3) is 0 Å². The number of hydrogen-bond acceptors (Lipinski definition) is 1. The van der Waals surface area contributed by atoms with Gasteiger partial charge >= 0.3 is 0 Å². The number of hydrogen-bond donors (Lipinski definition) is 0. The Labute approximate surface area is 172 Å². The van der Waals surface area contributed by atoms with E-state index in [1.54, 1.807) is 6.08 Å². The third-order valence-corrected chi connectivity index (χ3v) is 4.97. The number of rotatable bonds is 6. The predicted molar refractivity (Wildman–Crippen MR) is 125 cm³/mol. The molecule has 0 spiro atoms. The molecule has 0 radical (unpaired) electrons. The fraction of sp³-hybridized carbons (Fsp3) is 0. The summed E-state index contributed by atoms with van der Waals surface area (Å²) in [5.41, 5.74) is 7.71. The molecule has 0 unspecified atom stereocenters. The Morgan fingerprint density at radius 1 is 0.552 bits per heavy atom. The molecular weight excluding hydrogens is 350 g/mol. The predicted octanol–water partition coefficient (Wildman–Crippen LogP) is 7.86. The Hall–Kier alpha value is -3.84. The summed E-state index contributed by atoms with van der Waals surface area (Å²) in [5, 5.41) is 0. The van der Waals surface area contributed by atoms with Gasteiger partial charge in [0.1, 0.15) is 0 Å².